The molecule has 0 amide bonds. The van der Waals surface area contributed by atoms with Crippen molar-refractivity contribution in [1.82, 2.24) is 0 Å². The van der Waals surface area contributed by atoms with Crippen LogP contribution in [0.2, 0.25) is 0 Å². The van der Waals surface area contributed by atoms with Gasteiger partial charge in [-0.3, -0.25) is 4.79 Å². The van der Waals surface area contributed by atoms with Gasteiger partial charge >= 0.3 is 5.97 Å². The Morgan fingerprint density at radius 3 is 2.32 bits per heavy atom. The van der Waals surface area contributed by atoms with Gasteiger partial charge in [0.2, 0.25) is 0 Å². The zero-order valence-electron chi connectivity index (χ0n) is 18.1. The molecule has 1 aliphatic heterocycles. The van der Waals surface area contributed by atoms with Crippen molar-refractivity contribution in [3.8, 4) is 23.0 Å². The van der Waals surface area contributed by atoms with Crippen LogP contribution in [0, 0.1) is 11.8 Å². The quantitative estimate of drug-likeness (QED) is 0.453. The highest BCUT2D eigenvalue weighted by molar-refractivity contribution is 5.76. The molecule has 1 N–H and O–H groups in total. The number of carbonyl (C=O) groups is 1. The minimum Gasteiger partial charge on any atom is -0.493 e. The first-order valence-electron chi connectivity index (χ1n) is 9.87. The topological polar surface area (TPSA) is 92.7 Å². The average molecular weight is 432 g/mol. The van der Waals surface area contributed by atoms with E-state index in [4.69, 9.17) is 28.4 Å². The normalized spacial score (nSPS) is 18.9. The second-order valence-electron chi connectivity index (χ2n) is 7.22. The predicted octanol–water partition coefficient (Wildman–Crippen LogP) is 2.76. The van der Waals surface area contributed by atoms with Gasteiger partial charge in [0.05, 0.1) is 40.0 Å². The Balaban J connectivity index is 1.81. The van der Waals surface area contributed by atoms with Gasteiger partial charge in [0.1, 0.15) is 0 Å². The maximum Gasteiger partial charge on any atom is 0.312 e. The summed E-state index contributed by atoms with van der Waals surface area (Å²) in [5.41, 5.74) is 1.50. The van der Waals surface area contributed by atoms with Crippen LogP contribution in [0.5, 0.6) is 23.0 Å². The fourth-order valence-electron chi connectivity index (χ4n) is 3.78. The van der Waals surface area contributed by atoms with Gasteiger partial charge in [-0.25, -0.2) is 0 Å². The van der Waals surface area contributed by atoms with Crippen LogP contribution >= 0.6 is 0 Å². The molecule has 2 aromatic rings. The molecule has 0 aromatic heterocycles. The number of cyclic esters (lactones) is 1. The van der Waals surface area contributed by atoms with Gasteiger partial charge in [0.15, 0.2) is 29.8 Å². The van der Waals surface area contributed by atoms with E-state index in [9.17, 15) is 9.90 Å². The summed E-state index contributed by atoms with van der Waals surface area (Å²) in [6.07, 6.45) is -0.509. The number of methoxy groups -OCH3 is 4. The molecule has 3 rings (SSSR count). The van der Waals surface area contributed by atoms with Crippen LogP contribution < -0.4 is 18.9 Å². The van der Waals surface area contributed by atoms with Crippen molar-refractivity contribution in [2.75, 3.05) is 41.8 Å². The fourth-order valence-corrected chi connectivity index (χ4v) is 3.78. The summed E-state index contributed by atoms with van der Waals surface area (Å²) in [7, 11) is 6.18. The molecule has 0 spiro atoms. The second-order valence-corrected chi connectivity index (χ2v) is 7.22. The molecule has 1 heterocycles. The van der Waals surface area contributed by atoms with Crippen molar-refractivity contribution in [1.29, 1.82) is 0 Å². The van der Waals surface area contributed by atoms with E-state index in [0.717, 1.165) is 5.56 Å². The first-order valence-corrected chi connectivity index (χ1v) is 9.87. The summed E-state index contributed by atoms with van der Waals surface area (Å²) in [5, 5.41) is 11.0. The maximum atomic E-state index is 12.5. The summed E-state index contributed by atoms with van der Waals surface area (Å²) in [6, 6.07) is 10.7. The van der Waals surface area contributed by atoms with E-state index in [2.05, 4.69) is 0 Å². The van der Waals surface area contributed by atoms with Crippen LogP contribution in [0.1, 0.15) is 17.2 Å². The molecular weight excluding hydrogens is 404 g/mol. The molecule has 8 nitrogen and oxygen atoms in total. The van der Waals surface area contributed by atoms with Crippen molar-refractivity contribution in [2.45, 2.75) is 12.5 Å². The van der Waals surface area contributed by atoms with Crippen molar-refractivity contribution >= 4 is 5.97 Å². The van der Waals surface area contributed by atoms with E-state index in [1.165, 1.54) is 14.2 Å². The third-order valence-electron chi connectivity index (χ3n) is 5.37. The van der Waals surface area contributed by atoms with E-state index < -0.39 is 18.0 Å². The largest absolute Gasteiger partial charge is 0.493 e. The summed E-state index contributed by atoms with van der Waals surface area (Å²) in [5.74, 6) is 0.840. The fraction of sp³-hybridized carbons (Fsp3) is 0.435. The van der Waals surface area contributed by atoms with Gasteiger partial charge in [-0.2, -0.15) is 0 Å². The first kappa shape index (κ1) is 22.7. The van der Waals surface area contributed by atoms with Gasteiger partial charge in [-0.1, -0.05) is 12.1 Å². The molecule has 1 saturated heterocycles. The molecule has 3 atom stereocenters. The number of esters is 1. The zero-order valence-corrected chi connectivity index (χ0v) is 18.1. The molecular formula is C23H28O8. The minimum atomic E-state index is -1.05. The first-order chi connectivity index (χ1) is 15.0. The molecule has 31 heavy (non-hydrogen) atoms. The van der Waals surface area contributed by atoms with Gasteiger partial charge in [-0.15, -0.1) is 0 Å². The monoisotopic (exact) mass is 432 g/mol. The average Bonchev–Trinajstić information content (AvgIpc) is 3.16. The SMILES string of the molecule is COCOc1ccc([C@H](O)[C@H]2C(=O)OC[C@@H]2Cc2ccc(OC)c(OC)c2)cc1OC. The summed E-state index contributed by atoms with van der Waals surface area (Å²) in [4.78, 5) is 12.5. The number of aliphatic hydroxyl groups excluding tert-OH is 1. The molecule has 1 aliphatic rings. The van der Waals surface area contributed by atoms with Crippen LogP contribution in [0.4, 0.5) is 0 Å². The third-order valence-corrected chi connectivity index (χ3v) is 5.37. The van der Waals surface area contributed by atoms with E-state index in [-0.39, 0.29) is 19.3 Å². The lowest BCUT2D eigenvalue weighted by Crippen LogP contribution is -2.25. The smallest absolute Gasteiger partial charge is 0.312 e. The number of ether oxygens (including phenoxy) is 6. The van der Waals surface area contributed by atoms with Gasteiger partial charge in [0.25, 0.3) is 0 Å². The Hall–Kier alpha value is -2.97. The van der Waals surface area contributed by atoms with Crippen LogP contribution in [-0.2, 0) is 20.7 Å². The minimum absolute atomic E-state index is 0.0700. The van der Waals surface area contributed by atoms with E-state index >= 15 is 0 Å². The van der Waals surface area contributed by atoms with E-state index in [1.54, 1.807) is 32.4 Å². The molecule has 8 heteroatoms. The number of rotatable bonds is 10. The highest BCUT2D eigenvalue weighted by atomic mass is 16.7. The molecule has 168 valence electrons. The Morgan fingerprint density at radius 1 is 0.968 bits per heavy atom. The molecule has 1 fully saturated rings. The Kier molecular flexibility index (Phi) is 7.59. The number of hydrogen-bond acceptors (Lipinski definition) is 8. The second kappa shape index (κ2) is 10.4. The molecule has 0 aliphatic carbocycles. The Labute approximate surface area is 181 Å². The maximum absolute atomic E-state index is 12.5. The van der Waals surface area contributed by atoms with E-state index in [0.29, 0.717) is 35.0 Å². The van der Waals surface area contributed by atoms with Crippen LogP contribution in [-0.4, -0.2) is 52.9 Å². The third kappa shape index (κ3) is 5.03. The lowest BCUT2D eigenvalue weighted by Gasteiger charge is -2.22. The van der Waals surface area contributed by atoms with Crippen LogP contribution in [0.25, 0.3) is 0 Å². The molecule has 0 saturated carbocycles. The van der Waals surface area contributed by atoms with Crippen molar-refractivity contribution in [3.05, 3.63) is 47.5 Å². The lowest BCUT2D eigenvalue weighted by molar-refractivity contribution is -0.144. The Bertz CT molecular complexity index is 897. The zero-order chi connectivity index (χ0) is 22.4. The molecule has 0 bridgehead atoms. The number of aliphatic hydroxyl groups is 1. The van der Waals surface area contributed by atoms with Gasteiger partial charge < -0.3 is 33.5 Å². The summed E-state index contributed by atoms with van der Waals surface area (Å²) in [6.45, 7) is 0.307. The van der Waals surface area contributed by atoms with Crippen molar-refractivity contribution in [3.63, 3.8) is 0 Å². The highest BCUT2D eigenvalue weighted by Crippen LogP contribution is 2.39. The molecule has 2 aromatic carbocycles. The summed E-state index contributed by atoms with van der Waals surface area (Å²) >= 11 is 0. The Morgan fingerprint density at radius 2 is 1.65 bits per heavy atom. The van der Waals surface area contributed by atoms with Gasteiger partial charge in [0, 0.05) is 13.0 Å². The van der Waals surface area contributed by atoms with Crippen LogP contribution in [0.15, 0.2) is 36.4 Å². The van der Waals surface area contributed by atoms with Crippen LogP contribution in [0.3, 0.4) is 0 Å². The standard InChI is InChI=1S/C23H28O8/c1-26-13-31-18-8-6-15(11-20(18)29-4)22(24)21-16(12-30-23(21)25)9-14-5-7-17(27-2)19(10-14)28-3/h5-8,10-11,16,21-22,24H,9,12-13H2,1-4H3/t16-,21-,22-/m0/s1. The molecule has 0 unspecified atom stereocenters. The van der Waals surface area contributed by atoms with Gasteiger partial charge in [-0.05, 0) is 41.8 Å². The molecule has 0 radical (unpaired) electrons. The number of carbonyl (C=O) groups excluding carboxylic acids is 1. The predicted molar refractivity (Wildman–Crippen MR) is 112 cm³/mol. The van der Waals surface area contributed by atoms with Crippen molar-refractivity contribution < 1.29 is 38.3 Å². The number of hydrogen-bond donors (Lipinski definition) is 1. The number of benzene rings is 2. The highest BCUT2D eigenvalue weighted by Gasteiger charge is 2.42. The summed E-state index contributed by atoms with van der Waals surface area (Å²) < 4.78 is 31.7. The lowest BCUT2D eigenvalue weighted by atomic mass is 9.83. The van der Waals surface area contributed by atoms with Crippen molar-refractivity contribution in [2.24, 2.45) is 11.8 Å². The van der Waals surface area contributed by atoms with E-state index in [1.807, 2.05) is 18.2 Å².